The summed E-state index contributed by atoms with van der Waals surface area (Å²) in [6.45, 7) is 6.28. The molecular formula is C30H33O3P. The number of hydrogen-bond acceptors (Lipinski definition) is 3. The molecule has 0 aliphatic carbocycles. The highest BCUT2D eigenvalue weighted by Gasteiger charge is 2.24. The molecule has 0 aliphatic rings. The summed E-state index contributed by atoms with van der Waals surface area (Å²) in [6, 6.07) is 28.2. The highest BCUT2D eigenvalue weighted by molar-refractivity contribution is 7.80. The van der Waals surface area contributed by atoms with Gasteiger partial charge in [0.2, 0.25) is 0 Å². The number of hydrogen-bond donors (Lipinski definition) is 0. The third-order valence-electron chi connectivity index (χ3n) is 5.88. The summed E-state index contributed by atoms with van der Waals surface area (Å²) in [5, 5.41) is 3.30. The fourth-order valence-electron chi connectivity index (χ4n) is 3.86. The molecule has 4 heteroatoms. The number of carbonyl (C=O) groups is 2. The fraction of sp³-hybridized carbons (Fsp3) is 0.267. The molecule has 0 aliphatic heterocycles. The molecule has 3 nitrogen and oxygen atoms in total. The predicted octanol–water partition coefficient (Wildman–Crippen LogP) is 5.80. The Morgan fingerprint density at radius 3 is 2.00 bits per heavy atom. The summed E-state index contributed by atoms with van der Waals surface area (Å²) in [7, 11) is -0.933. The van der Waals surface area contributed by atoms with Gasteiger partial charge in [-0.2, -0.15) is 0 Å². The van der Waals surface area contributed by atoms with E-state index in [0.29, 0.717) is 5.56 Å². The molecule has 2 atom stereocenters. The number of carbonyl (C=O) groups excluding carboxylic acids is 2. The largest absolute Gasteiger partial charge is 0.461 e. The Balaban J connectivity index is 1.82. The Kier molecular flexibility index (Phi) is 9.79. The summed E-state index contributed by atoms with van der Waals surface area (Å²) in [4.78, 5) is 25.0. The summed E-state index contributed by atoms with van der Waals surface area (Å²) in [5.74, 6) is -0.549. The van der Waals surface area contributed by atoms with Gasteiger partial charge in [0.1, 0.15) is 12.9 Å². The van der Waals surface area contributed by atoms with Gasteiger partial charge in [-0.15, -0.1) is 0 Å². The molecular weight excluding hydrogens is 439 g/mol. The Labute approximate surface area is 204 Å². The summed E-state index contributed by atoms with van der Waals surface area (Å²) < 4.78 is 5.72. The Morgan fingerprint density at radius 2 is 1.44 bits per heavy atom. The molecule has 0 amide bonds. The molecule has 0 radical (unpaired) electrons. The normalized spacial score (nSPS) is 12.6. The topological polar surface area (TPSA) is 43.4 Å². The van der Waals surface area contributed by atoms with Gasteiger partial charge in [0, 0.05) is 0 Å². The van der Waals surface area contributed by atoms with Crippen LogP contribution < -0.4 is 15.9 Å². The smallest absolute Gasteiger partial charge is 0.338 e. The van der Waals surface area contributed by atoms with Crippen molar-refractivity contribution in [2.24, 2.45) is 11.8 Å². The van der Waals surface area contributed by atoms with Crippen molar-refractivity contribution in [2.75, 3.05) is 6.61 Å². The quantitative estimate of drug-likeness (QED) is 0.153. The van der Waals surface area contributed by atoms with Crippen LogP contribution in [0, 0.1) is 11.8 Å². The zero-order chi connectivity index (χ0) is 24.3. The number of allylic oxidation sites excluding steroid dienone is 2. The fourth-order valence-corrected chi connectivity index (χ4v) is 6.30. The Morgan fingerprint density at radius 1 is 0.882 bits per heavy atom. The highest BCUT2D eigenvalue weighted by atomic mass is 31.1. The molecule has 0 aromatic heterocycles. The molecule has 34 heavy (non-hydrogen) atoms. The minimum Gasteiger partial charge on any atom is -0.461 e. The van der Waals surface area contributed by atoms with E-state index in [9.17, 15) is 9.59 Å². The highest BCUT2D eigenvalue weighted by Crippen LogP contribution is 2.34. The average Bonchev–Trinajstić information content (AvgIpc) is 2.86. The molecule has 0 saturated heterocycles. The molecule has 0 bridgehead atoms. The maximum atomic E-state index is 13.2. The van der Waals surface area contributed by atoms with Crippen LogP contribution >= 0.6 is 7.92 Å². The van der Waals surface area contributed by atoms with E-state index < -0.39 is 7.92 Å². The van der Waals surface area contributed by atoms with Crippen molar-refractivity contribution >= 4 is 36.1 Å². The first-order valence-electron chi connectivity index (χ1n) is 11.8. The van der Waals surface area contributed by atoms with Gasteiger partial charge in [-0.3, -0.25) is 0 Å². The molecule has 0 N–H and O–H groups in total. The maximum Gasteiger partial charge on any atom is 0.338 e. The monoisotopic (exact) mass is 472 g/mol. The molecule has 176 valence electrons. The van der Waals surface area contributed by atoms with E-state index in [0.717, 1.165) is 24.4 Å². The van der Waals surface area contributed by atoms with E-state index in [2.05, 4.69) is 44.2 Å². The summed E-state index contributed by atoms with van der Waals surface area (Å²) >= 11 is 0. The van der Waals surface area contributed by atoms with E-state index in [1.54, 1.807) is 0 Å². The van der Waals surface area contributed by atoms with Gasteiger partial charge in [0.15, 0.2) is 0 Å². The standard InChI is InChI=1S/C30H33O3P/c1-23(2)13-12-14-24(3)25(21-31)22-33-30(32)28-19-10-11-20-29(28)34(26-15-6-4-7-16-26)27-17-8-5-9-18-27/h4-11,13,15-21,24-25H,12,14,22H2,1-3H3/t24-,25+/m0/s1. The molecule has 0 unspecified atom stereocenters. The first-order valence-corrected chi connectivity index (χ1v) is 13.1. The molecule has 3 rings (SSSR count). The summed E-state index contributed by atoms with van der Waals surface area (Å²) in [6.07, 6.45) is 4.91. The zero-order valence-corrected chi connectivity index (χ0v) is 21.1. The predicted molar refractivity (Wildman–Crippen MR) is 143 cm³/mol. The first kappa shape index (κ1) is 25.6. The van der Waals surface area contributed by atoms with E-state index in [1.165, 1.54) is 16.2 Å². The van der Waals surface area contributed by atoms with Crippen molar-refractivity contribution < 1.29 is 14.3 Å². The molecule has 3 aromatic carbocycles. The van der Waals surface area contributed by atoms with Crippen LogP contribution in [0.2, 0.25) is 0 Å². The van der Waals surface area contributed by atoms with Crippen LogP contribution in [0.5, 0.6) is 0 Å². The third-order valence-corrected chi connectivity index (χ3v) is 8.38. The molecule has 0 spiro atoms. The first-order chi connectivity index (χ1) is 16.5. The lowest BCUT2D eigenvalue weighted by Gasteiger charge is -2.22. The van der Waals surface area contributed by atoms with Gasteiger partial charge in [0.25, 0.3) is 0 Å². The van der Waals surface area contributed by atoms with Crippen molar-refractivity contribution in [1.82, 2.24) is 0 Å². The Hall–Kier alpha value is -3.03. The van der Waals surface area contributed by atoms with Gasteiger partial charge in [0.05, 0.1) is 11.5 Å². The van der Waals surface area contributed by atoms with Crippen molar-refractivity contribution in [1.29, 1.82) is 0 Å². The van der Waals surface area contributed by atoms with Crippen molar-refractivity contribution in [3.63, 3.8) is 0 Å². The van der Waals surface area contributed by atoms with Crippen LogP contribution in [-0.2, 0) is 9.53 Å². The van der Waals surface area contributed by atoms with Gasteiger partial charge >= 0.3 is 5.97 Å². The van der Waals surface area contributed by atoms with Crippen LogP contribution in [0.1, 0.15) is 44.0 Å². The minimum absolute atomic E-state index is 0.0985. The van der Waals surface area contributed by atoms with Gasteiger partial charge in [-0.25, -0.2) is 4.79 Å². The second kappa shape index (κ2) is 13.0. The maximum absolute atomic E-state index is 13.2. The van der Waals surface area contributed by atoms with Crippen LogP contribution in [-0.4, -0.2) is 18.9 Å². The van der Waals surface area contributed by atoms with Crippen molar-refractivity contribution in [2.45, 2.75) is 33.6 Å². The minimum atomic E-state index is -0.933. The summed E-state index contributed by atoms with van der Waals surface area (Å²) in [5.41, 5.74) is 1.83. The van der Waals surface area contributed by atoms with Gasteiger partial charge < -0.3 is 9.53 Å². The number of rotatable bonds is 11. The van der Waals surface area contributed by atoms with Gasteiger partial charge in [-0.1, -0.05) is 97.4 Å². The number of aldehydes is 1. The zero-order valence-electron chi connectivity index (χ0n) is 20.2. The lowest BCUT2D eigenvalue weighted by atomic mass is 9.91. The molecule has 0 fully saturated rings. The second-order valence-corrected chi connectivity index (χ2v) is 10.9. The van der Waals surface area contributed by atoms with E-state index in [4.69, 9.17) is 4.74 Å². The van der Waals surface area contributed by atoms with Crippen LogP contribution in [0.15, 0.2) is 96.6 Å². The molecule has 0 heterocycles. The third kappa shape index (κ3) is 6.98. The molecule has 3 aromatic rings. The van der Waals surface area contributed by atoms with Crippen LogP contribution in [0.4, 0.5) is 0 Å². The lowest BCUT2D eigenvalue weighted by Crippen LogP contribution is -2.27. The van der Waals surface area contributed by atoms with E-state index >= 15 is 0 Å². The SMILES string of the molecule is CC(C)=CCC[C@H](C)[C@H](C=O)COC(=O)c1ccccc1P(c1ccccc1)c1ccccc1. The number of benzene rings is 3. The van der Waals surface area contributed by atoms with E-state index in [1.807, 2.05) is 67.6 Å². The van der Waals surface area contributed by atoms with Crippen LogP contribution in [0.3, 0.4) is 0 Å². The Bertz CT molecular complexity index is 1050. The molecule has 0 saturated carbocycles. The van der Waals surface area contributed by atoms with E-state index in [-0.39, 0.29) is 24.4 Å². The lowest BCUT2D eigenvalue weighted by molar-refractivity contribution is -0.113. The number of esters is 1. The number of ether oxygens (including phenoxy) is 1. The van der Waals surface area contributed by atoms with Gasteiger partial charge in [-0.05, 0) is 62.5 Å². The van der Waals surface area contributed by atoms with Crippen molar-refractivity contribution in [3.8, 4) is 0 Å². The van der Waals surface area contributed by atoms with Crippen molar-refractivity contribution in [3.05, 3.63) is 102 Å². The average molecular weight is 473 g/mol. The van der Waals surface area contributed by atoms with Crippen LogP contribution in [0.25, 0.3) is 0 Å². The second-order valence-electron chi connectivity index (χ2n) is 8.76.